The molecule has 0 heterocycles. The Labute approximate surface area is 151 Å². The molecule has 0 aliphatic carbocycles. The number of benzene rings is 3. The molecule has 1 atom stereocenters. The fourth-order valence-corrected chi connectivity index (χ4v) is 4.31. The summed E-state index contributed by atoms with van der Waals surface area (Å²) in [5.74, 6) is 0.393. The lowest BCUT2D eigenvalue weighted by molar-refractivity contribution is 0.475. The quantitative estimate of drug-likeness (QED) is 0.559. The van der Waals surface area contributed by atoms with E-state index in [2.05, 4.69) is 42.2 Å². The first-order chi connectivity index (χ1) is 12.1. The molecule has 3 aromatic rings. The van der Waals surface area contributed by atoms with Crippen molar-refractivity contribution in [1.82, 2.24) is 0 Å². The molecule has 0 saturated heterocycles. The van der Waals surface area contributed by atoms with Crippen LogP contribution in [0.3, 0.4) is 0 Å². The van der Waals surface area contributed by atoms with Gasteiger partial charge < -0.3 is 5.11 Å². The van der Waals surface area contributed by atoms with Gasteiger partial charge >= 0.3 is 0 Å². The number of aliphatic imine (C=N–C) groups is 1. The summed E-state index contributed by atoms with van der Waals surface area (Å²) in [4.78, 5) is 4.57. The van der Waals surface area contributed by atoms with Crippen molar-refractivity contribution in [2.45, 2.75) is 13.8 Å². The number of hydrogen-bond donors (Lipinski definition) is 1. The first kappa shape index (κ1) is 17.4. The van der Waals surface area contributed by atoms with Crippen LogP contribution in [0.15, 0.2) is 71.7 Å². The Hall–Kier alpha value is -2.44. The standard InChI is InChI=1S/C22H22NOP/c1-15-9-8-14-19(21(15)24)25-22-16(2)10-7-13-18(22)20(23-3)17-11-5-4-6-12-17/h4-14,24-25H,1-3H3/b23-20+. The average Bonchev–Trinajstić information content (AvgIpc) is 2.63. The summed E-state index contributed by atoms with van der Waals surface area (Å²) < 4.78 is 0. The molecule has 3 aromatic carbocycles. The van der Waals surface area contributed by atoms with E-state index < -0.39 is 0 Å². The molecule has 0 fully saturated rings. The van der Waals surface area contributed by atoms with E-state index in [0.29, 0.717) is 14.3 Å². The van der Waals surface area contributed by atoms with Crippen LogP contribution in [0.5, 0.6) is 5.75 Å². The molecule has 25 heavy (non-hydrogen) atoms. The number of phenols is 1. The Kier molecular flexibility index (Phi) is 5.31. The minimum absolute atomic E-state index is 0.380. The van der Waals surface area contributed by atoms with E-state index in [-0.39, 0.29) is 0 Å². The van der Waals surface area contributed by atoms with Gasteiger partial charge in [-0.15, -0.1) is 0 Å². The van der Waals surface area contributed by atoms with Gasteiger partial charge in [0, 0.05) is 23.5 Å². The van der Waals surface area contributed by atoms with Crippen molar-refractivity contribution in [1.29, 1.82) is 0 Å². The van der Waals surface area contributed by atoms with Crippen LogP contribution in [-0.4, -0.2) is 17.9 Å². The van der Waals surface area contributed by atoms with Crippen molar-refractivity contribution >= 4 is 24.9 Å². The van der Waals surface area contributed by atoms with Crippen molar-refractivity contribution in [3.8, 4) is 5.75 Å². The number of hydrogen-bond acceptors (Lipinski definition) is 2. The zero-order chi connectivity index (χ0) is 17.8. The molecule has 0 aliphatic heterocycles. The van der Waals surface area contributed by atoms with Crippen molar-refractivity contribution in [3.05, 3.63) is 89.0 Å². The third kappa shape index (κ3) is 3.65. The van der Waals surface area contributed by atoms with Gasteiger partial charge in [-0.05, 0) is 30.3 Å². The fourth-order valence-electron chi connectivity index (χ4n) is 2.93. The molecule has 0 radical (unpaired) electrons. The summed E-state index contributed by atoms with van der Waals surface area (Å²) in [6.45, 7) is 4.06. The first-order valence-electron chi connectivity index (χ1n) is 8.29. The molecular weight excluding hydrogens is 325 g/mol. The van der Waals surface area contributed by atoms with Crippen molar-refractivity contribution in [3.63, 3.8) is 0 Å². The molecule has 0 saturated carbocycles. The number of aryl methyl sites for hydroxylation is 2. The summed E-state index contributed by atoms with van der Waals surface area (Å²) >= 11 is 0. The molecule has 0 bridgehead atoms. The molecule has 2 nitrogen and oxygen atoms in total. The Balaban J connectivity index is 2.11. The van der Waals surface area contributed by atoms with E-state index in [0.717, 1.165) is 27.7 Å². The molecule has 3 heteroatoms. The van der Waals surface area contributed by atoms with Gasteiger partial charge in [-0.25, -0.2) is 0 Å². The van der Waals surface area contributed by atoms with Gasteiger partial charge in [-0.2, -0.15) is 0 Å². The second-order valence-corrected chi connectivity index (χ2v) is 7.32. The lowest BCUT2D eigenvalue weighted by Crippen LogP contribution is -2.18. The predicted molar refractivity (Wildman–Crippen MR) is 110 cm³/mol. The number of aromatic hydroxyl groups is 1. The lowest BCUT2D eigenvalue weighted by atomic mass is 10.0. The van der Waals surface area contributed by atoms with E-state index >= 15 is 0 Å². The number of rotatable bonds is 4. The van der Waals surface area contributed by atoms with Crippen molar-refractivity contribution in [2.24, 2.45) is 4.99 Å². The second kappa shape index (κ2) is 7.63. The molecule has 1 unspecified atom stereocenters. The highest BCUT2D eigenvalue weighted by atomic mass is 31.1. The third-order valence-electron chi connectivity index (χ3n) is 4.30. The van der Waals surface area contributed by atoms with Crippen LogP contribution in [0.25, 0.3) is 0 Å². The van der Waals surface area contributed by atoms with Gasteiger partial charge in [-0.1, -0.05) is 75.3 Å². The summed E-state index contributed by atoms with van der Waals surface area (Å²) in [5.41, 5.74) is 5.35. The topological polar surface area (TPSA) is 32.6 Å². The highest BCUT2D eigenvalue weighted by Gasteiger charge is 2.15. The summed E-state index contributed by atoms with van der Waals surface area (Å²) in [7, 11) is 2.21. The highest BCUT2D eigenvalue weighted by Crippen LogP contribution is 2.25. The van der Waals surface area contributed by atoms with Gasteiger partial charge in [0.05, 0.1) is 5.71 Å². The smallest absolute Gasteiger partial charge is 0.126 e. The molecule has 0 amide bonds. The fraction of sp³-hybridized carbons (Fsp3) is 0.136. The van der Waals surface area contributed by atoms with Crippen molar-refractivity contribution < 1.29 is 5.11 Å². The zero-order valence-corrected chi connectivity index (χ0v) is 15.7. The van der Waals surface area contributed by atoms with Gasteiger partial charge in [0.1, 0.15) is 5.75 Å². The molecule has 0 spiro atoms. The predicted octanol–water partition coefficient (Wildman–Crippen LogP) is 4.11. The van der Waals surface area contributed by atoms with Crippen LogP contribution in [0.1, 0.15) is 22.3 Å². The number of nitrogens with zero attached hydrogens (tertiary/aromatic N) is 1. The van der Waals surface area contributed by atoms with E-state index in [1.165, 1.54) is 10.9 Å². The maximum absolute atomic E-state index is 10.4. The van der Waals surface area contributed by atoms with Gasteiger partial charge in [0.25, 0.3) is 0 Å². The molecule has 3 rings (SSSR count). The molecule has 0 aromatic heterocycles. The normalized spacial score (nSPS) is 12.0. The maximum atomic E-state index is 10.4. The average molecular weight is 347 g/mol. The molecular formula is C22H22NOP. The SMILES string of the molecule is C/N=C(\c1ccccc1)c1cccc(C)c1Pc1cccc(C)c1O. The van der Waals surface area contributed by atoms with Gasteiger partial charge in [0.2, 0.25) is 0 Å². The van der Waals surface area contributed by atoms with Crippen molar-refractivity contribution in [2.75, 3.05) is 7.05 Å². The second-order valence-electron chi connectivity index (χ2n) is 6.03. The minimum atomic E-state index is 0.380. The monoisotopic (exact) mass is 347 g/mol. The highest BCUT2D eigenvalue weighted by molar-refractivity contribution is 7.56. The number of phenolic OH excluding ortho intramolecular Hbond substituents is 1. The molecule has 1 N–H and O–H groups in total. The van der Waals surface area contributed by atoms with Crippen LogP contribution >= 0.6 is 8.58 Å². The van der Waals surface area contributed by atoms with Crippen LogP contribution in [0.2, 0.25) is 0 Å². The summed E-state index contributed by atoms with van der Waals surface area (Å²) in [6, 6.07) is 22.5. The lowest BCUT2D eigenvalue weighted by Gasteiger charge is -2.16. The Bertz CT molecular complexity index is 917. The van der Waals surface area contributed by atoms with Gasteiger partial charge in [0.15, 0.2) is 0 Å². The minimum Gasteiger partial charge on any atom is -0.507 e. The largest absolute Gasteiger partial charge is 0.507 e. The Morgan fingerprint density at radius 3 is 2.24 bits per heavy atom. The third-order valence-corrected chi connectivity index (χ3v) is 5.88. The first-order valence-corrected chi connectivity index (χ1v) is 9.29. The van der Waals surface area contributed by atoms with E-state index in [4.69, 9.17) is 0 Å². The Morgan fingerprint density at radius 2 is 1.52 bits per heavy atom. The van der Waals surface area contributed by atoms with E-state index in [9.17, 15) is 5.11 Å². The van der Waals surface area contributed by atoms with Crippen LogP contribution in [0, 0.1) is 13.8 Å². The molecule has 126 valence electrons. The molecule has 0 aliphatic rings. The Morgan fingerprint density at radius 1 is 0.840 bits per heavy atom. The maximum Gasteiger partial charge on any atom is 0.126 e. The van der Waals surface area contributed by atoms with Crippen LogP contribution in [-0.2, 0) is 0 Å². The summed E-state index contributed by atoms with van der Waals surface area (Å²) in [6.07, 6.45) is 0. The van der Waals surface area contributed by atoms with Crippen LogP contribution < -0.4 is 10.6 Å². The number of para-hydroxylation sites is 1. The zero-order valence-electron chi connectivity index (χ0n) is 14.7. The van der Waals surface area contributed by atoms with E-state index in [1.54, 1.807) is 0 Å². The van der Waals surface area contributed by atoms with E-state index in [1.807, 2.05) is 50.4 Å². The van der Waals surface area contributed by atoms with Crippen LogP contribution in [0.4, 0.5) is 0 Å². The van der Waals surface area contributed by atoms with Gasteiger partial charge in [-0.3, -0.25) is 4.99 Å². The summed E-state index contributed by atoms with van der Waals surface area (Å²) in [5, 5.41) is 12.6.